The van der Waals surface area contributed by atoms with Crippen LogP contribution in [0.3, 0.4) is 0 Å². The number of hydrogen-bond donors (Lipinski definition) is 0. The van der Waals surface area contributed by atoms with Crippen molar-refractivity contribution in [2.45, 2.75) is 52.9 Å². The van der Waals surface area contributed by atoms with Gasteiger partial charge in [0.15, 0.2) is 0 Å². The molecule has 0 aromatic heterocycles. The van der Waals surface area contributed by atoms with Crippen molar-refractivity contribution in [2.75, 3.05) is 0 Å². The standard InChI is InChI=1S/C16H21/c1-6-8-9-15(7-2)16-13(4)11-10-12(3)14(16)5/h10-11,15H,6,8-9H2,1,3-5H3. The average molecular weight is 213 g/mol. The van der Waals surface area contributed by atoms with E-state index in [1.165, 1.54) is 35.1 Å². The lowest BCUT2D eigenvalue weighted by Crippen LogP contribution is -2.03. The fraction of sp³-hybridized carbons (Fsp3) is 0.500. The van der Waals surface area contributed by atoms with Gasteiger partial charge in [0.05, 0.1) is 0 Å². The Bertz CT molecular complexity index is 393. The minimum atomic E-state index is 0.180. The molecule has 0 nitrogen and oxygen atoms in total. The van der Waals surface area contributed by atoms with Gasteiger partial charge in [-0.1, -0.05) is 37.8 Å². The van der Waals surface area contributed by atoms with Gasteiger partial charge in [-0.05, 0) is 55.9 Å². The second-order valence-electron chi connectivity index (χ2n) is 4.58. The van der Waals surface area contributed by atoms with Crippen LogP contribution in [0, 0.1) is 33.1 Å². The van der Waals surface area contributed by atoms with E-state index in [2.05, 4.69) is 45.7 Å². The van der Waals surface area contributed by atoms with E-state index < -0.39 is 0 Å². The normalized spacial score (nSPS) is 12.2. The van der Waals surface area contributed by atoms with E-state index in [1.54, 1.807) is 0 Å². The van der Waals surface area contributed by atoms with Crippen molar-refractivity contribution in [1.82, 2.24) is 0 Å². The zero-order valence-electron chi connectivity index (χ0n) is 10.9. The summed E-state index contributed by atoms with van der Waals surface area (Å²) in [4.78, 5) is 0. The molecule has 1 aromatic rings. The van der Waals surface area contributed by atoms with Gasteiger partial charge in [-0.2, -0.15) is 0 Å². The van der Waals surface area contributed by atoms with Crippen LogP contribution in [0.2, 0.25) is 0 Å². The molecule has 0 spiro atoms. The minimum absolute atomic E-state index is 0.180. The van der Waals surface area contributed by atoms with Crippen molar-refractivity contribution < 1.29 is 0 Å². The van der Waals surface area contributed by atoms with E-state index in [0.29, 0.717) is 0 Å². The second-order valence-corrected chi connectivity index (χ2v) is 4.58. The van der Waals surface area contributed by atoms with Gasteiger partial charge in [0, 0.05) is 5.92 Å². The number of benzene rings is 1. The van der Waals surface area contributed by atoms with E-state index in [0.717, 1.165) is 6.42 Å². The van der Waals surface area contributed by atoms with E-state index in [1.807, 2.05) is 0 Å². The van der Waals surface area contributed by atoms with Gasteiger partial charge in [0.1, 0.15) is 0 Å². The summed E-state index contributed by atoms with van der Waals surface area (Å²) < 4.78 is 0. The molecule has 1 radical (unpaired) electrons. The first-order valence-corrected chi connectivity index (χ1v) is 6.10. The van der Waals surface area contributed by atoms with Crippen LogP contribution in [-0.2, 0) is 0 Å². The molecule has 0 aliphatic heterocycles. The molecule has 1 aromatic carbocycles. The molecule has 1 rings (SSSR count). The minimum Gasteiger partial charge on any atom is -0.0809 e. The highest BCUT2D eigenvalue weighted by Gasteiger charge is 2.14. The maximum Gasteiger partial charge on any atom is 0.0467 e. The molecule has 85 valence electrons. The lowest BCUT2D eigenvalue weighted by atomic mass is 9.86. The summed E-state index contributed by atoms with van der Waals surface area (Å²) >= 11 is 0. The summed E-state index contributed by atoms with van der Waals surface area (Å²) in [7, 11) is 0. The van der Waals surface area contributed by atoms with Crippen LogP contribution < -0.4 is 0 Å². The highest BCUT2D eigenvalue weighted by Crippen LogP contribution is 2.29. The quantitative estimate of drug-likeness (QED) is 0.647. The zero-order valence-corrected chi connectivity index (χ0v) is 10.9. The third kappa shape index (κ3) is 2.67. The molecule has 0 aliphatic carbocycles. The fourth-order valence-electron chi connectivity index (χ4n) is 2.21. The largest absolute Gasteiger partial charge is 0.0809 e. The van der Waals surface area contributed by atoms with Gasteiger partial charge in [-0.15, -0.1) is 0 Å². The van der Waals surface area contributed by atoms with Crippen LogP contribution in [0.15, 0.2) is 12.1 Å². The Morgan fingerprint density at radius 3 is 2.38 bits per heavy atom. The first kappa shape index (κ1) is 12.8. The van der Waals surface area contributed by atoms with Crippen LogP contribution in [0.4, 0.5) is 0 Å². The zero-order chi connectivity index (χ0) is 12.1. The Morgan fingerprint density at radius 1 is 1.19 bits per heavy atom. The third-order valence-corrected chi connectivity index (χ3v) is 3.37. The van der Waals surface area contributed by atoms with E-state index in [9.17, 15) is 0 Å². The molecule has 0 heteroatoms. The van der Waals surface area contributed by atoms with Crippen LogP contribution in [0.1, 0.15) is 54.4 Å². The molecule has 0 amide bonds. The molecule has 0 saturated carbocycles. The highest BCUT2D eigenvalue weighted by atomic mass is 14.2. The van der Waals surface area contributed by atoms with Gasteiger partial charge in [-0.3, -0.25) is 0 Å². The summed E-state index contributed by atoms with van der Waals surface area (Å²) in [6.07, 6.45) is 10.9. The topological polar surface area (TPSA) is 0 Å². The van der Waals surface area contributed by atoms with Crippen LogP contribution in [-0.4, -0.2) is 0 Å². The lowest BCUT2D eigenvalue weighted by molar-refractivity contribution is 0.670. The summed E-state index contributed by atoms with van der Waals surface area (Å²) in [5.74, 6) is 2.89. The second kappa shape index (κ2) is 5.75. The maximum atomic E-state index is 7.49. The van der Waals surface area contributed by atoms with Gasteiger partial charge < -0.3 is 0 Å². The maximum absolute atomic E-state index is 7.49. The lowest BCUT2D eigenvalue weighted by Gasteiger charge is -2.18. The van der Waals surface area contributed by atoms with Gasteiger partial charge in [0.2, 0.25) is 0 Å². The molecule has 16 heavy (non-hydrogen) atoms. The molecule has 0 aliphatic rings. The third-order valence-electron chi connectivity index (χ3n) is 3.37. The van der Waals surface area contributed by atoms with E-state index in [-0.39, 0.29) is 5.92 Å². The molecule has 0 bridgehead atoms. The smallest absolute Gasteiger partial charge is 0.0467 e. The monoisotopic (exact) mass is 213 g/mol. The summed E-state index contributed by atoms with van der Waals surface area (Å²) in [5.41, 5.74) is 5.27. The van der Waals surface area contributed by atoms with Crippen molar-refractivity contribution in [3.8, 4) is 5.92 Å². The Morgan fingerprint density at radius 2 is 1.81 bits per heavy atom. The van der Waals surface area contributed by atoms with Crippen molar-refractivity contribution in [1.29, 1.82) is 0 Å². The summed E-state index contributed by atoms with van der Waals surface area (Å²) in [5, 5.41) is 0. The fourth-order valence-corrected chi connectivity index (χ4v) is 2.21. The van der Waals surface area contributed by atoms with Gasteiger partial charge in [0.25, 0.3) is 0 Å². The van der Waals surface area contributed by atoms with Crippen LogP contribution in [0.25, 0.3) is 0 Å². The number of rotatable bonds is 4. The first-order chi connectivity index (χ1) is 7.61. The van der Waals surface area contributed by atoms with E-state index in [4.69, 9.17) is 6.42 Å². The molecular formula is C16H21. The van der Waals surface area contributed by atoms with E-state index >= 15 is 0 Å². The average Bonchev–Trinajstić information content (AvgIpc) is 2.28. The summed E-state index contributed by atoms with van der Waals surface area (Å²) in [6.45, 7) is 8.63. The Labute approximate surface area is 100 Å². The Kier molecular flexibility index (Phi) is 4.62. The SMILES string of the molecule is [C]#CC(CCCC)c1c(C)ccc(C)c1C. The van der Waals surface area contributed by atoms with Crippen LogP contribution in [0.5, 0.6) is 0 Å². The van der Waals surface area contributed by atoms with Crippen molar-refractivity contribution >= 4 is 0 Å². The molecule has 0 N–H and O–H groups in total. The Balaban J connectivity index is 3.10. The summed E-state index contributed by atoms with van der Waals surface area (Å²) in [6, 6.07) is 4.32. The molecule has 1 atom stereocenters. The molecule has 1 unspecified atom stereocenters. The molecular weight excluding hydrogens is 192 g/mol. The van der Waals surface area contributed by atoms with Crippen LogP contribution >= 0.6 is 0 Å². The molecule has 0 heterocycles. The predicted octanol–water partition coefficient (Wildman–Crippen LogP) is 4.48. The number of hydrogen-bond acceptors (Lipinski definition) is 0. The highest BCUT2D eigenvalue weighted by molar-refractivity contribution is 5.43. The number of unbranched alkanes of at least 4 members (excludes halogenated alkanes) is 1. The molecule has 0 saturated heterocycles. The van der Waals surface area contributed by atoms with Crippen molar-refractivity contribution in [2.24, 2.45) is 0 Å². The first-order valence-electron chi connectivity index (χ1n) is 6.10. The Hall–Kier alpha value is -1.22. The predicted molar refractivity (Wildman–Crippen MR) is 70.1 cm³/mol. The van der Waals surface area contributed by atoms with Crippen molar-refractivity contribution in [3.05, 3.63) is 40.8 Å². The van der Waals surface area contributed by atoms with Crippen molar-refractivity contribution in [3.63, 3.8) is 0 Å². The number of aryl methyl sites for hydroxylation is 2. The van der Waals surface area contributed by atoms with Gasteiger partial charge >= 0.3 is 0 Å². The molecule has 0 fully saturated rings. The van der Waals surface area contributed by atoms with Gasteiger partial charge in [-0.25, -0.2) is 0 Å².